The van der Waals surface area contributed by atoms with Crippen molar-refractivity contribution in [1.82, 2.24) is 29.9 Å². The molecule has 0 spiro atoms. The van der Waals surface area contributed by atoms with Crippen LogP contribution < -0.4 is 5.11 Å². The highest BCUT2D eigenvalue weighted by atomic mass is 16.4. The van der Waals surface area contributed by atoms with Crippen LogP contribution >= 0.6 is 0 Å². The Morgan fingerprint density at radius 3 is 1.68 bits per heavy atom. The van der Waals surface area contributed by atoms with Crippen LogP contribution in [0.25, 0.3) is 56.2 Å². The molecule has 0 saturated carbocycles. The van der Waals surface area contributed by atoms with E-state index in [9.17, 15) is 9.90 Å². The number of hydrogen-bond acceptors (Lipinski definition) is 8. The third-order valence-electron chi connectivity index (χ3n) is 8.66. The zero-order valence-electron chi connectivity index (χ0n) is 21.9. The van der Waals surface area contributed by atoms with Crippen LogP contribution in [0.4, 0.5) is 0 Å². The summed E-state index contributed by atoms with van der Waals surface area (Å²) in [4.78, 5) is 40.6. The van der Waals surface area contributed by atoms with Gasteiger partial charge < -0.3 is 9.90 Å². The van der Waals surface area contributed by atoms with E-state index in [1.165, 1.54) is 22.8 Å². The standard InChI is InChI=1S/C33H22N6O2/c40-33(41)24-10-9-16-3-4-20-14-23-15-21-8-6-18-12-17-5-7-19-13-22-2-1-11-34-31(22)37-29(19)26(17)36-27(18)30(21)39-32(23)38-28(20)25(16)35-24/h1-2,9-15H,3-8H2,(H,40,41)/p-1. The molecule has 0 atom stereocenters. The molecule has 8 heteroatoms. The molecule has 0 aliphatic heterocycles. The van der Waals surface area contributed by atoms with E-state index in [0.717, 1.165) is 94.4 Å². The van der Waals surface area contributed by atoms with Crippen molar-refractivity contribution >= 4 is 28.0 Å². The van der Waals surface area contributed by atoms with Crippen LogP contribution in [0.2, 0.25) is 0 Å². The number of carboxylic acid groups (broad SMARTS) is 1. The number of rotatable bonds is 1. The number of hydrogen-bond donors (Lipinski definition) is 0. The molecule has 6 heterocycles. The molecule has 196 valence electrons. The maximum absolute atomic E-state index is 11.5. The first kappa shape index (κ1) is 22.7. The smallest absolute Gasteiger partial charge is 0.160 e. The number of carbonyl (C=O) groups excluding carboxylic acids is 1. The predicted octanol–water partition coefficient (Wildman–Crippen LogP) is 4.02. The molecule has 6 aromatic heterocycles. The first-order chi connectivity index (χ1) is 20.1. The minimum atomic E-state index is -1.29. The van der Waals surface area contributed by atoms with Gasteiger partial charge in [0.25, 0.3) is 0 Å². The summed E-state index contributed by atoms with van der Waals surface area (Å²) in [6, 6.07) is 16.1. The number of nitrogens with zero attached hydrogens (tertiary/aromatic N) is 6. The number of fused-ring (bicyclic) bond motifs is 11. The second-order valence-electron chi connectivity index (χ2n) is 11.1. The molecule has 0 amide bonds. The van der Waals surface area contributed by atoms with Crippen molar-refractivity contribution < 1.29 is 9.90 Å². The lowest BCUT2D eigenvalue weighted by Gasteiger charge is -2.25. The van der Waals surface area contributed by atoms with Crippen molar-refractivity contribution in [3.05, 3.63) is 93.8 Å². The zero-order chi connectivity index (χ0) is 27.2. The number of aromatic carboxylic acids is 1. The van der Waals surface area contributed by atoms with Gasteiger partial charge in [-0.25, -0.2) is 29.9 Å². The summed E-state index contributed by atoms with van der Waals surface area (Å²) < 4.78 is 0. The van der Waals surface area contributed by atoms with E-state index >= 15 is 0 Å². The molecule has 0 saturated heterocycles. The van der Waals surface area contributed by atoms with Gasteiger partial charge in [-0.05, 0) is 108 Å². The molecule has 3 aliphatic carbocycles. The quantitative estimate of drug-likeness (QED) is 0.311. The van der Waals surface area contributed by atoms with E-state index in [1.807, 2.05) is 12.1 Å². The zero-order valence-corrected chi connectivity index (χ0v) is 21.9. The second-order valence-corrected chi connectivity index (χ2v) is 11.1. The summed E-state index contributed by atoms with van der Waals surface area (Å²) in [5.74, 6) is -1.29. The third kappa shape index (κ3) is 3.37. The highest BCUT2D eigenvalue weighted by Crippen LogP contribution is 2.40. The third-order valence-corrected chi connectivity index (χ3v) is 8.66. The van der Waals surface area contributed by atoms with E-state index in [2.05, 4.69) is 40.3 Å². The lowest BCUT2D eigenvalue weighted by Crippen LogP contribution is -2.24. The maximum atomic E-state index is 11.5. The van der Waals surface area contributed by atoms with Crippen molar-refractivity contribution in [2.75, 3.05) is 0 Å². The van der Waals surface area contributed by atoms with Gasteiger partial charge in [-0.15, -0.1) is 0 Å². The molecule has 6 aromatic rings. The molecular formula is C33H21N6O2-. The van der Waals surface area contributed by atoms with Crippen LogP contribution in [-0.2, 0) is 38.5 Å². The Hall–Kier alpha value is -5.11. The van der Waals surface area contributed by atoms with Gasteiger partial charge in [-0.2, -0.15) is 0 Å². The van der Waals surface area contributed by atoms with E-state index in [-0.39, 0.29) is 5.69 Å². The molecule has 0 fully saturated rings. The number of carbonyl (C=O) groups is 1. The Balaban J connectivity index is 1.22. The van der Waals surface area contributed by atoms with Gasteiger partial charge in [0.05, 0.1) is 45.8 Å². The molecular weight excluding hydrogens is 512 g/mol. The van der Waals surface area contributed by atoms with E-state index in [1.54, 1.807) is 6.20 Å². The van der Waals surface area contributed by atoms with Crippen molar-refractivity contribution in [2.45, 2.75) is 38.5 Å². The molecule has 0 N–H and O–H groups in total. The summed E-state index contributed by atoms with van der Waals surface area (Å²) in [6.07, 6.45) is 7.06. The fourth-order valence-corrected chi connectivity index (χ4v) is 6.64. The minimum absolute atomic E-state index is 0.0864. The van der Waals surface area contributed by atoms with Crippen LogP contribution in [0.3, 0.4) is 0 Å². The SMILES string of the molecule is O=C([O-])c1ccc2c(n1)-c1nc3nc4c(cc3cc1CC2)CCc1cc2c(nc1-4)-c1nc3ncccc3cc1CC2. The van der Waals surface area contributed by atoms with Crippen LogP contribution in [0, 0.1) is 0 Å². The Morgan fingerprint density at radius 1 is 0.537 bits per heavy atom. The van der Waals surface area contributed by atoms with Gasteiger partial charge in [0, 0.05) is 17.0 Å². The highest BCUT2D eigenvalue weighted by Gasteiger charge is 2.28. The molecule has 3 aliphatic rings. The molecule has 0 radical (unpaired) electrons. The normalized spacial score (nSPS) is 14.4. The lowest BCUT2D eigenvalue weighted by atomic mass is 9.86. The average molecular weight is 534 g/mol. The van der Waals surface area contributed by atoms with E-state index in [0.29, 0.717) is 17.0 Å². The van der Waals surface area contributed by atoms with Gasteiger partial charge in [0.15, 0.2) is 11.3 Å². The second kappa shape index (κ2) is 8.20. The molecule has 8 nitrogen and oxygen atoms in total. The van der Waals surface area contributed by atoms with Crippen molar-refractivity contribution in [3.8, 4) is 34.2 Å². The molecule has 0 bridgehead atoms. The van der Waals surface area contributed by atoms with Gasteiger partial charge >= 0.3 is 0 Å². The molecule has 0 aromatic carbocycles. The van der Waals surface area contributed by atoms with Crippen molar-refractivity contribution in [2.24, 2.45) is 0 Å². The van der Waals surface area contributed by atoms with Crippen LogP contribution in [0.5, 0.6) is 0 Å². The monoisotopic (exact) mass is 533 g/mol. The molecule has 0 unspecified atom stereocenters. The number of pyridine rings is 6. The topological polar surface area (TPSA) is 117 Å². The summed E-state index contributed by atoms with van der Waals surface area (Å²) in [5, 5.41) is 13.5. The van der Waals surface area contributed by atoms with E-state index in [4.69, 9.17) is 19.9 Å². The van der Waals surface area contributed by atoms with Gasteiger partial charge in [-0.3, -0.25) is 0 Å². The van der Waals surface area contributed by atoms with E-state index < -0.39 is 5.97 Å². The molecule has 9 rings (SSSR count). The Kier molecular flexibility index (Phi) is 4.54. The Labute approximate surface area is 234 Å². The largest absolute Gasteiger partial charge is 0.543 e. The fourth-order valence-electron chi connectivity index (χ4n) is 6.64. The molecule has 41 heavy (non-hydrogen) atoms. The predicted molar refractivity (Wildman–Crippen MR) is 151 cm³/mol. The van der Waals surface area contributed by atoms with Crippen LogP contribution in [0.15, 0.2) is 54.7 Å². The average Bonchev–Trinajstić information content (AvgIpc) is 3.00. The number of aryl methyl sites for hydroxylation is 6. The van der Waals surface area contributed by atoms with Crippen molar-refractivity contribution in [3.63, 3.8) is 0 Å². The Morgan fingerprint density at radius 2 is 1.05 bits per heavy atom. The summed E-state index contributed by atoms with van der Waals surface area (Å²) in [7, 11) is 0. The summed E-state index contributed by atoms with van der Waals surface area (Å²) in [6.45, 7) is 0. The minimum Gasteiger partial charge on any atom is -0.543 e. The van der Waals surface area contributed by atoms with Crippen molar-refractivity contribution in [1.29, 1.82) is 0 Å². The van der Waals surface area contributed by atoms with Gasteiger partial charge in [0.1, 0.15) is 0 Å². The van der Waals surface area contributed by atoms with Crippen LogP contribution in [0.1, 0.15) is 43.9 Å². The van der Waals surface area contributed by atoms with Gasteiger partial charge in [-0.1, -0.05) is 12.1 Å². The highest BCUT2D eigenvalue weighted by molar-refractivity contribution is 5.88. The first-order valence-electron chi connectivity index (χ1n) is 13.9. The fraction of sp³-hybridized carbons (Fsp3) is 0.182. The Bertz CT molecular complexity index is 2160. The number of aromatic nitrogens is 6. The number of carboxylic acids is 1. The first-order valence-corrected chi connectivity index (χ1v) is 13.9. The summed E-state index contributed by atoms with van der Waals surface area (Å²) in [5.41, 5.74) is 12.9. The maximum Gasteiger partial charge on any atom is 0.160 e. The van der Waals surface area contributed by atoms with Gasteiger partial charge in [0.2, 0.25) is 0 Å². The van der Waals surface area contributed by atoms with Crippen LogP contribution in [-0.4, -0.2) is 35.9 Å². The lowest BCUT2D eigenvalue weighted by molar-refractivity contribution is -0.255. The summed E-state index contributed by atoms with van der Waals surface area (Å²) >= 11 is 0.